The van der Waals surface area contributed by atoms with Crippen molar-refractivity contribution in [2.24, 2.45) is 5.73 Å². The molecule has 0 atom stereocenters. The fraction of sp³-hybridized carbons (Fsp3) is 0.800. The lowest BCUT2D eigenvalue weighted by Crippen LogP contribution is -2.17. The van der Waals surface area contributed by atoms with Gasteiger partial charge in [0.25, 0.3) is 0 Å². The Balaban J connectivity index is 1.95. The van der Waals surface area contributed by atoms with Crippen molar-refractivity contribution in [3.63, 3.8) is 0 Å². The summed E-state index contributed by atoms with van der Waals surface area (Å²) in [6.45, 7) is 0.310. The van der Waals surface area contributed by atoms with Gasteiger partial charge in [0, 0.05) is 0 Å². The molecule has 3 N–H and O–H groups in total. The molecule has 0 unspecified atom stereocenters. The zero-order chi connectivity index (χ0) is 5.98. The predicted octanol–water partition coefficient (Wildman–Crippen LogP) is 0.101. The van der Waals surface area contributed by atoms with Gasteiger partial charge in [0.1, 0.15) is 12.4 Å². The number of ether oxygens (including phenoxy) is 1. The van der Waals surface area contributed by atoms with Crippen LogP contribution in [0.25, 0.3) is 0 Å². The zero-order valence-electron chi connectivity index (χ0n) is 4.68. The van der Waals surface area contributed by atoms with Crippen molar-refractivity contribution in [2.75, 3.05) is 6.61 Å². The predicted molar refractivity (Wildman–Crippen MR) is 30.9 cm³/mol. The minimum Gasteiger partial charge on any atom is -0.386 e. The molecule has 1 rings (SSSR count). The maximum Gasteiger partial charge on any atom is 0.117 e. The van der Waals surface area contributed by atoms with E-state index in [1.807, 2.05) is 0 Å². The number of nitrogens with one attached hydrogen (secondary N) is 1. The summed E-state index contributed by atoms with van der Waals surface area (Å²) in [6.07, 6.45) is 2.71. The molecule has 8 heavy (non-hydrogen) atoms. The second kappa shape index (κ2) is 2.13. The van der Waals surface area contributed by atoms with E-state index in [1.165, 1.54) is 0 Å². The van der Waals surface area contributed by atoms with Gasteiger partial charge in [-0.15, -0.1) is 0 Å². The Morgan fingerprint density at radius 3 is 2.75 bits per heavy atom. The fourth-order valence-corrected chi connectivity index (χ4v) is 0.442. The Kier molecular flexibility index (Phi) is 1.48. The first-order valence-corrected chi connectivity index (χ1v) is 2.73. The van der Waals surface area contributed by atoms with Gasteiger partial charge < -0.3 is 10.5 Å². The van der Waals surface area contributed by atoms with Crippen LogP contribution in [0, 0.1) is 5.41 Å². The topological polar surface area (TPSA) is 59.1 Å². The highest BCUT2D eigenvalue weighted by molar-refractivity contribution is 5.78. The average Bonchev–Trinajstić information content (AvgIpc) is 2.41. The molecule has 1 saturated carbocycles. The summed E-state index contributed by atoms with van der Waals surface area (Å²) >= 11 is 0. The lowest BCUT2D eigenvalue weighted by atomic mass is 10.6. The minimum atomic E-state index is 0.122. The Hall–Kier alpha value is -0.570. The van der Waals surface area contributed by atoms with Crippen LogP contribution in [-0.2, 0) is 4.74 Å². The van der Waals surface area contributed by atoms with Crippen molar-refractivity contribution in [1.82, 2.24) is 0 Å². The van der Waals surface area contributed by atoms with Gasteiger partial charge in [0.15, 0.2) is 0 Å². The first-order chi connectivity index (χ1) is 3.79. The molecule has 3 nitrogen and oxygen atoms in total. The normalized spacial score (nSPS) is 18.5. The third-order valence-electron chi connectivity index (χ3n) is 0.999. The van der Waals surface area contributed by atoms with Gasteiger partial charge in [-0.1, -0.05) is 0 Å². The molecule has 0 aliphatic heterocycles. The summed E-state index contributed by atoms with van der Waals surface area (Å²) in [6, 6.07) is 0. The second-order valence-electron chi connectivity index (χ2n) is 2.04. The molecule has 1 aliphatic carbocycles. The Bertz CT molecular complexity index is 98.6. The number of hydrogen-bond donors (Lipinski definition) is 2. The van der Waals surface area contributed by atoms with E-state index in [0.717, 1.165) is 12.8 Å². The van der Waals surface area contributed by atoms with Crippen LogP contribution in [0.3, 0.4) is 0 Å². The van der Waals surface area contributed by atoms with Crippen molar-refractivity contribution in [2.45, 2.75) is 18.9 Å². The molecule has 0 amide bonds. The van der Waals surface area contributed by atoms with E-state index in [0.29, 0.717) is 12.7 Å². The molecule has 0 aromatic rings. The number of hydrogen-bond acceptors (Lipinski definition) is 2. The van der Waals surface area contributed by atoms with Crippen molar-refractivity contribution in [1.29, 1.82) is 5.41 Å². The lowest BCUT2D eigenvalue weighted by Gasteiger charge is -1.96. The van der Waals surface area contributed by atoms with Crippen LogP contribution in [0.15, 0.2) is 0 Å². The van der Waals surface area contributed by atoms with Gasteiger partial charge >= 0.3 is 0 Å². The van der Waals surface area contributed by atoms with Crippen molar-refractivity contribution < 1.29 is 4.74 Å². The van der Waals surface area contributed by atoms with Crippen molar-refractivity contribution in [3.8, 4) is 0 Å². The summed E-state index contributed by atoms with van der Waals surface area (Å²) in [4.78, 5) is 0. The van der Waals surface area contributed by atoms with E-state index in [9.17, 15) is 0 Å². The van der Waals surface area contributed by atoms with Gasteiger partial charge in [-0.2, -0.15) is 0 Å². The third kappa shape index (κ3) is 1.93. The summed E-state index contributed by atoms with van der Waals surface area (Å²) in [5.74, 6) is 0.122. The number of amidine groups is 1. The molecule has 0 bridgehead atoms. The molecule has 0 saturated heterocycles. The Morgan fingerprint density at radius 2 is 2.38 bits per heavy atom. The SMILES string of the molecule is N=C(N)COC1CC1. The molecule has 46 valence electrons. The van der Waals surface area contributed by atoms with Crippen LogP contribution < -0.4 is 5.73 Å². The fourth-order valence-electron chi connectivity index (χ4n) is 0.442. The highest BCUT2D eigenvalue weighted by Gasteiger charge is 2.21. The molecule has 0 aromatic carbocycles. The van der Waals surface area contributed by atoms with Gasteiger partial charge in [0.2, 0.25) is 0 Å². The van der Waals surface area contributed by atoms with E-state index in [2.05, 4.69) is 0 Å². The van der Waals surface area contributed by atoms with Crippen LogP contribution in [0.5, 0.6) is 0 Å². The number of nitrogens with two attached hydrogens (primary N) is 1. The average molecular weight is 114 g/mol. The van der Waals surface area contributed by atoms with Gasteiger partial charge in [0.05, 0.1) is 6.10 Å². The Morgan fingerprint density at radius 1 is 1.75 bits per heavy atom. The first-order valence-electron chi connectivity index (χ1n) is 2.73. The molecule has 0 aromatic heterocycles. The highest BCUT2D eigenvalue weighted by Crippen LogP contribution is 2.22. The van der Waals surface area contributed by atoms with E-state index >= 15 is 0 Å². The summed E-state index contributed by atoms with van der Waals surface area (Å²) in [5.41, 5.74) is 5.03. The second-order valence-corrected chi connectivity index (χ2v) is 2.04. The molecule has 1 fully saturated rings. The van der Waals surface area contributed by atoms with E-state index in [4.69, 9.17) is 15.9 Å². The van der Waals surface area contributed by atoms with Crippen LogP contribution in [0.4, 0.5) is 0 Å². The maximum absolute atomic E-state index is 6.77. The van der Waals surface area contributed by atoms with Crippen molar-refractivity contribution >= 4 is 5.84 Å². The first kappa shape index (κ1) is 5.56. The third-order valence-corrected chi connectivity index (χ3v) is 0.999. The minimum absolute atomic E-state index is 0.122. The van der Waals surface area contributed by atoms with Gasteiger partial charge in [-0.05, 0) is 12.8 Å². The summed E-state index contributed by atoms with van der Waals surface area (Å²) in [5, 5.41) is 6.77. The number of rotatable bonds is 3. The monoisotopic (exact) mass is 114 g/mol. The molecular weight excluding hydrogens is 104 g/mol. The van der Waals surface area contributed by atoms with Crippen LogP contribution in [0.1, 0.15) is 12.8 Å². The molecule has 0 heterocycles. The standard InChI is InChI=1S/C5H10N2O/c6-5(7)3-8-4-1-2-4/h4H,1-3H2,(H3,6,7). The van der Waals surface area contributed by atoms with Crippen molar-refractivity contribution in [3.05, 3.63) is 0 Å². The van der Waals surface area contributed by atoms with Crippen LogP contribution >= 0.6 is 0 Å². The van der Waals surface area contributed by atoms with E-state index in [1.54, 1.807) is 0 Å². The molecular formula is C5H10N2O. The van der Waals surface area contributed by atoms with Crippen LogP contribution in [-0.4, -0.2) is 18.5 Å². The van der Waals surface area contributed by atoms with Crippen LogP contribution in [0.2, 0.25) is 0 Å². The van der Waals surface area contributed by atoms with Gasteiger partial charge in [-0.3, -0.25) is 5.41 Å². The van der Waals surface area contributed by atoms with E-state index < -0.39 is 0 Å². The highest BCUT2D eigenvalue weighted by atomic mass is 16.5. The summed E-state index contributed by atoms with van der Waals surface area (Å²) in [7, 11) is 0. The van der Waals surface area contributed by atoms with E-state index in [-0.39, 0.29) is 5.84 Å². The Labute approximate surface area is 48.3 Å². The maximum atomic E-state index is 6.77. The zero-order valence-corrected chi connectivity index (χ0v) is 4.68. The molecule has 0 spiro atoms. The quantitative estimate of drug-likeness (QED) is 0.404. The molecule has 3 heteroatoms. The summed E-state index contributed by atoms with van der Waals surface area (Å²) < 4.78 is 5.06. The largest absolute Gasteiger partial charge is 0.386 e. The molecule has 0 radical (unpaired) electrons. The smallest absolute Gasteiger partial charge is 0.117 e. The molecule has 1 aliphatic rings. The van der Waals surface area contributed by atoms with Gasteiger partial charge in [-0.25, -0.2) is 0 Å². The lowest BCUT2D eigenvalue weighted by molar-refractivity contribution is 0.155.